The third-order valence-corrected chi connectivity index (χ3v) is 2.90. The first-order valence-corrected chi connectivity index (χ1v) is 8.55. The molecule has 126 valence electrons. The summed E-state index contributed by atoms with van der Waals surface area (Å²) in [5, 5.41) is 0. The Hall–Kier alpha value is -1.51. The van der Waals surface area contributed by atoms with Crippen molar-refractivity contribution in [2.24, 2.45) is 0 Å². The number of benzene rings is 1. The molecule has 0 unspecified atom stereocenters. The Balaban J connectivity index is 0.00000135. The first-order chi connectivity index (χ1) is 10.7. The van der Waals surface area contributed by atoms with E-state index in [2.05, 4.69) is 32.9 Å². The van der Waals surface area contributed by atoms with Crippen LogP contribution in [0.2, 0.25) is 0 Å². The number of rotatable bonds is 9. The first-order valence-electron chi connectivity index (χ1n) is 8.55. The second-order valence-electron chi connectivity index (χ2n) is 5.26. The van der Waals surface area contributed by atoms with Crippen molar-refractivity contribution in [2.45, 2.75) is 66.2 Å². The van der Waals surface area contributed by atoms with Gasteiger partial charge < -0.3 is 9.47 Å². The molecule has 0 fully saturated rings. The van der Waals surface area contributed by atoms with Crippen LogP contribution in [0, 0.1) is 0 Å². The van der Waals surface area contributed by atoms with Gasteiger partial charge in [-0.05, 0) is 37.5 Å². The maximum absolute atomic E-state index is 11.1. The molecule has 0 atom stereocenters. The molecule has 0 aliphatic rings. The zero-order valence-electron chi connectivity index (χ0n) is 14.7. The van der Waals surface area contributed by atoms with Crippen LogP contribution in [0.15, 0.2) is 24.3 Å². The minimum absolute atomic E-state index is 0.0241. The van der Waals surface area contributed by atoms with Gasteiger partial charge in [-0.3, -0.25) is 0 Å². The van der Waals surface area contributed by atoms with Crippen molar-refractivity contribution < 1.29 is 14.3 Å². The number of carbonyl (C=O) groups excluding carboxylic acids is 1. The lowest BCUT2D eigenvalue weighted by atomic mass is 10.1. The van der Waals surface area contributed by atoms with Gasteiger partial charge in [-0.25, -0.2) is 4.79 Å². The number of esters is 1. The van der Waals surface area contributed by atoms with Crippen LogP contribution < -0.4 is 4.74 Å². The van der Waals surface area contributed by atoms with Crippen LogP contribution >= 0.6 is 0 Å². The van der Waals surface area contributed by atoms with Gasteiger partial charge in [-0.1, -0.05) is 58.6 Å². The average Bonchev–Trinajstić information content (AvgIpc) is 2.52. The van der Waals surface area contributed by atoms with E-state index < -0.39 is 0 Å². The van der Waals surface area contributed by atoms with E-state index in [0.29, 0.717) is 12.4 Å². The summed E-state index contributed by atoms with van der Waals surface area (Å²) >= 11 is 0. The normalized spacial score (nSPS) is 9.64. The van der Waals surface area contributed by atoms with E-state index >= 15 is 0 Å². The van der Waals surface area contributed by atoms with Crippen LogP contribution in [-0.4, -0.2) is 19.2 Å². The third-order valence-electron chi connectivity index (χ3n) is 2.90. The van der Waals surface area contributed by atoms with E-state index in [1.165, 1.54) is 37.7 Å². The van der Waals surface area contributed by atoms with Crippen molar-refractivity contribution in [2.75, 3.05) is 13.2 Å². The summed E-state index contributed by atoms with van der Waals surface area (Å²) in [6.45, 7) is 8.61. The summed E-state index contributed by atoms with van der Waals surface area (Å²) in [6, 6.07) is 7.95. The predicted molar refractivity (Wildman–Crippen MR) is 92.4 cm³/mol. The molecule has 0 bridgehead atoms. The van der Waals surface area contributed by atoms with Gasteiger partial charge in [0.05, 0.1) is 6.61 Å². The van der Waals surface area contributed by atoms with Crippen LogP contribution in [-0.2, 0) is 16.0 Å². The topological polar surface area (TPSA) is 35.5 Å². The largest absolute Gasteiger partial charge is 0.482 e. The Bertz CT molecular complexity index is 371. The standard InChI is InChI=1S/C16H24O3.C3H8/c1-3-5-6-7-8-14-9-11-15(12-10-14)19-13-16(17)18-4-2;1-3-2/h9-12H,3-8,13H2,1-2H3;3H2,1-2H3. The quantitative estimate of drug-likeness (QED) is 0.466. The number of aryl methyl sites for hydroxylation is 1. The van der Waals surface area contributed by atoms with Crippen LogP contribution in [0.25, 0.3) is 0 Å². The molecule has 1 aromatic carbocycles. The molecular formula is C19H32O3. The highest BCUT2D eigenvalue weighted by atomic mass is 16.6. The molecule has 0 aliphatic carbocycles. The first kappa shape index (κ1) is 20.5. The number of hydrogen-bond donors (Lipinski definition) is 0. The summed E-state index contributed by atoms with van der Waals surface area (Å²) < 4.78 is 10.1. The third kappa shape index (κ3) is 11.2. The summed E-state index contributed by atoms with van der Waals surface area (Å²) in [5.74, 6) is 0.386. The molecule has 0 heterocycles. The van der Waals surface area contributed by atoms with Crippen molar-refractivity contribution in [3.63, 3.8) is 0 Å². The highest BCUT2D eigenvalue weighted by Gasteiger charge is 2.02. The maximum Gasteiger partial charge on any atom is 0.344 e. The number of carbonyl (C=O) groups is 1. The molecule has 0 radical (unpaired) electrons. The lowest BCUT2D eigenvalue weighted by Crippen LogP contribution is -2.14. The lowest BCUT2D eigenvalue weighted by Gasteiger charge is -2.07. The van der Waals surface area contributed by atoms with E-state index in [0.717, 1.165) is 6.42 Å². The summed E-state index contributed by atoms with van der Waals surface area (Å²) in [5.41, 5.74) is 1.32. The minimum Gasteiger partial charge on any atom is -0.482 e. The van der Waals surface area contributed by atoms with Gasteiger partial charge in [0.2, 0.25) is 0 Å². The maximum atomic E-state index is 11.1. The molecule has 0 N–H and O–H groups in total. The molecule has 0 saturated carbocycles. The van der Waals surface area contributed by atoms with E-state index in [-0.39, 0.29) is 12.6 Å². The molecule has 1 rings (SSSR count). The Morgan fingerprint density at radius 1 is 0.955 bits per heavy atom. The van der Waals surface area contributed by atoms with Crippen molar-refractivity contribution in [1.29, 1.82) is 0 Å². The Morgan fingerprint density at radius 3 is 2.14 bits per heavy atom. The average molecular weight is 308 g/mol. The fourth-order valence-electron chi connectivity index (χ4n) is 1.85. The molecule has 0 amide bonds. The van der Waals surface area contributed by atoms with Gasteiger partial charge in [0.1, 0.15) is 5.75 Å². The second-order valence-corrected chi connectivity index (χ2v) is 5.26. The zero-order chi connectivity index (χ0) is 16.6. The lowest BCUT2D eigenvalue weighted by molar-refractivity contribution is -0.145. The van der Waals surface area contributed by atoms with Crippen molar-refractivity contribution in [3.8, 4) is 5.75 Å². The van der Waals surface area contributed by atoms with E-state index in [1.54, 1.807) is 6.92 Å². The molecule has 0 aromatic heterocycles. The van der Waals surface area contributed by atoms with Crippen LogP contribution in [0.3, 0.4) is 0 Å². The monoisotopic (exact) mass is 308 g/mol. The van der Waals surface area contributed by atoms with Crippen molar-refractivity contribution in [1.82, 2.24) is 0 Å². The van der Waals surface area contributed by atoms with Gasteiger partial charge in [0, 0.05) is 0 Å². The predicted octanol–water partition coefficient (Wildman–Crippen LogP) is 5.17. The van der Waals surface area contributed by atoms with E-state index in [1.807, 2.05) is 12.1 Å². The summed E-state index contributed by atoms with van der Waals surface area (Å²) in [4.78, 5) is 11.1. The summed E-state index contributed by atoms with van der Waals surface area (Å²) in [7, 11) is 0. The number of hydrogen-bond acceptors (Lipinski definition) is 3. The Labute approximate surface area is 136 Å². The van der Waals surface area contributed by atoms with E-state index in [4.69, 9.17) is 9.47 Å². The van der Waals surface area contributed by atoms with Crippen molar-refractivity contribution >= 4 is 5.97 Å². The Kier molecular flexibility index (Phi) is 13.4. The van der Waals surface area contributed by atoms with Crippen LogP contribution in [0.1, 0.15) is 65.4 Å². The highest BCUT2D eigenvalue weighted by Crippen LogP contribution is 2.14. The van der Waals surface area contributed by atoms with Gasteiger partial charge in [-0.2, -0.15) is 0 Å². The zero-order valence-corrected chi connectivity index (χ0v) is 14.7. The van der Waals surface area contributed by atoms with Gasteiger partial charge >= 0.3 is 5.97 Å². The van der Waals surface area contributed by atoms with Gasteiger partial charge in [-0.15, -0.1) is 0 Å². The molecule has 3 heteroatoms. The molecule has 3 nitrogen and oxygen atoms in total. The molecule has 0 aliphatic heterocycles. The van der Waals surface area contributed by atoms with E-state index in [9.17, 15) is 4.79 Å². The van der Waals surface area contributed by atoms with Crippen LogP contribution in [0.4, 0.5) is 0 Å². The fraction of sp³-hybridized carbons (Fsp3) is 0.632. The summed E-state index contributed by atoms with van der Waals surface area (Å²) in [6.07, 6.45) is 7.45. The molecule has 1 aromatic rings. The highest BCUT2D eigenvalue weighted by molar-refractivity contribution is 5.71. The van der Waals surface area contributed by atoms with Gasteiger partial charge in [0.15, 0.2) is 6.61 Å². The van der Waals surface area contributed by atoms with Gasteiger partial charge in [0.25, 0.3) is 0 Å². The molecule has 0 saturated heterocycles. The van der Waals surface area contributed by atoms with Crippen LogP contribution in [0.5, 0.6) is 5.75 Å². The number of unbranched alkanes of at least 4 members (excludes halogenated alkanes) is 3. The molecule has 22 heavy (non-hydrogen) atoms. The smallest absolute Gasteiger partial charge is 0.344 e. The molecule has 0 spiro atoms. The van der Waals surface area contributed by atoms with Crippen molar-refractivity contribution in [3.05, 3.63) is 29.8 Å². The minimum atomic E-state index is -0.328. The number of ether oxygens (including phenoxy) is 2. The Morgan fingerprint density at radius 2 is 1.59 bits per heavy atom. The SMILES string of the molecule is CCC.CCCCCCc1ccc(OCC(=O)OCC)cc1. The fourth-order valence-corrected chi connectivity index (χ4v) is 1.85. The second kappa shape index (κ2) is 14.4. The molecular weight excluding hydrogens is 276 g/mol.